The number of hydrogen-bond donors (Lipinski definition) is 1. The number of rotatable bonds is 3. The molecule has 1 aromatic carbocycles. The second-order valence-corrected chi connectivity index (χ2v) is 3.61. The average molecular weight is 194 g/mol. The first-order valence-corrected chi connectivity index (χ1v) is 4.66. The molecule has 0 aromatic heterocycles. The Morgan fingerprint density at radius 1 is 1.36 bits per heavy atom. The maximum atomic E-state index is 13.0. The maximum Gasteiger partial charge on any atom is 0.123 e. The summed E-state index contributed by atoms with van der Waals surface area (Å²) in [5, 5.41) is 9.61. The van der Waals surface area contributed by atoms with Crippen LogP contribution in [0.2, 0.25) is 0 Å². The molecule has 1 atom stereocenters. The fourth-order valence-electron chi connectivity index (χ4n) is 1.44. The summed E-state index contributed by atoms with van der Waals surface area (Å²) in [6.45, 7) is 7.45. The molecule has 14 heavy (non-hydrogen) atoms. The lowest BCUT2D eigenvalue weighted by Crippen LogP contribution is -2.01. The van der Waals surface area contributed by atoms with Crippen LogP contribution in [0.3, 0.4) is 0 Å². The summed E-state index contributed by atoms with van der Waals surface area (Å²) in [5.41, 5.74) is 1.56. The van der Waals surface area contributed by atoms with E-state index in [-0.39, 0.29) is 11.7 Å². The zero-order valence-electron chi connectivity index (χ0n) is 8.50. The van der Waals surface area contributed by atoms with E-state index >= 15 is 0 Å². The highest BCUT2D eigenvalue weighted by molar-refractivity contribution is 5.33. The van der Waals surface area contributed by atoms with E-state index < -0.39 is 6.10 Å². The summed E-state index contributed by atoms with van der Waals surface area (Å²) in [5.74, 6) is -0.0796. The maximum absolute atomic E-state index is 13.0. The molecule has 1 unspecified atom stereocenters. The van der Waals surface area contributed by atoms with Gasteiger partial charge in [-0.05, 0) is 29.2 Å². The molecule has 0 bridgehead atoms. The zero-order valence-corrected chi connectivity index (χ0v) is 8.50. The van der Waals surface area contributed by atoms with E-state index in [1.54, 1.807) is 6.07 Å². The van der Waals surface area contributed by atoms with E-state index in [0.29, 0.717) is 0 Å². The van der Waals surface area contributed by atoms with E-state index in [9.17, 15) is 9.50 Å². The molecule has 76 valence electrons. The van der Waals surface area contributed by atoms with Gasteiger partial charge in [-0.1, -0.05) is 26.0 Å². The van der Waals surface area contributed by atoms with Gasteiger partial charge in [0.25, 0.3) is 0 Å². The highest BCUT2D eigenvalue weighted by Crippen LogP contribution is 2.26. The van der Waals surface area contributed by atoms with Crippen LogP contribution in [0, 0.1) is 5.82 Å². The molecule has 0 fully saturated rings. The van der Waals surface area contributed by atoms with E-state index in [4.69, 9.17) is 0 Å². The van der Waals surface area contributed by atoms with Crippen LogP contribution in [0.5, 0.6) is 0 Å². The standard InChI is InChI=1S/C12H15FO/c1-4-12(14)10-6-5-9(13)7-11(10)8(2)3/h4-8,12,14H,1H2,2-3H3. The number of benzene rings is 1. The van der Waals surface area contributed by atoms with Crippen LogP contribution in [0.15, 0.2) is 30.9 Å². The Labute approximate surface area is 83.9 Å². The van der Waals surface area contributed by atoms with Crippen LogP contribution < -0.4 is 0 Å². The van der Waals surface area contributed by atoms with Gasteiger partial charge in [0.05, 0.1) is 6.10 Å². The number of aliphatic hydroxyl groups excluding tert-OH is 1. The second kappa shape index (κ2) is 4.38. The minimum absolute atomic E-state index is 0.190. The fourth-order valence-corrected chi connectivity index (χ4v) is 1.44. The largest absolute Gasteiger partial charge is 0.384 e. The molecular weight excluding hydrogens is 179 g/mol. The van der Waals surface area contributed by atoms with Gasteiger partial charge in [0, 0.05) is 0 Å². The molecule has 0 aliphatic carbocycles. The topological polar surface area (TPSA) is 20.2 Å². The molecule has 1 aromatic rings. The Morgan fingerprint density at radius 2 is 2.00 bits per heavy atom. The van der Waals surface area contributed by atoms with Crippen molar-refractivity contribution in [2.45, 2.75) is 25.9 Å². The predicted molar refractivity (Wildman–Crippen MR) is 55.6 cm³/mol. The quantitative estimate of drug-likeness (QED) is 0.733. The summed E-state index contributed by atoms with van der Waals surface area (Å²) >= 11 is 0. The van der Waals surface area contributed by atoms with Gasteiger partial charge in [-0.15, -0.1) is 6.58 Å². The van der Waals surface area contributed by atoms with Crippen molar-refractivity contribution in [1.29, 1.82) is 0 Å². The molecule has 2 heteroatoms. The third-order valence-electron chi connectivity index (χ3n) is 2.21. The molecule has 0 radical (unpaired) electrons. The summed E-state index contributed by atoms with van der Waals surface area (Å²) in [4.78, 5) is 0. The van der Waals surface area contributed by atoms with Crippen molar-refractivity contribution in [3.8, 4) is 0 Å². The van der Waals surface area contributed by atoms with Gasteiger partial charge in [0.15, 0.2) is 0 Å². The smallest absolute Gasteiger partial charge is 0.123 e. The van der Waals surface area contributed by atoms with E-state index in [2.05, 4.69) is 6.58 Å². The molecule has 0 aliphatic heterocycles. The van der Waals surface area contributed by atoms with E-state index in [1.165, 1.54) is 18.2 Å². The third kappa shape index (κ3) is 2.20. The van der Waals surface area contributed by atoms with Crippen LogP contribution in [-0.2, 0) is 0 Å². The van der Waals surface area contributed by atoms with Gasteiger partial charge in [0.2, 0.25) is 0 Å². The molecule has 1 nitrogen and oxygen atoms in total. The van der Waals surface area contributed by atoms with Gasteiger partial charge in [0.1, 0.15) is 5.82 Å². The summed E-state index contributed by atoms with van der Waals surface area (Å²) in [7, 11) is 0. The Balaban J connectivity index is 3.21. The second-order valence-electron chi connectivity index (χ2n) is 3.61. The average Bonchev–Trinajstić information content (AvgIpc) is 2.16. The van der Waals surface area contributed by atoms with E-state index in [1.807, 2.05) is 13.8 Å². The van der Waals surface area contributed by atoms with Crippen molar-refractivity contribution in [2.24, 2.45) is 0 Å². The Bertz CT molecular complexity index is 331. The summed E-state index contributed by atoms with van der Waals surface area (Å²) in [6, 6.07) is 4.43. The molecule has 1 rings (SSSR count). The lowest BCUT2D eigenvalue weighted by atomic mass is 9.94. The monoisotopic (exact) mass is 194 g/mol. The van der Waals surface area contributed by atoms with Crippen LogP contribution in [0.25, 0.3) is 0 Å². The van der Waals surface area contributed by atoms with Crippen molar-refractivity contribution in [2.75, 3.05) is 0 Å². The first-order chi connectivity index (χ1) is 6.56. The normalized spacial score (nSPS) is 12.9. The number of halogens is 1. The minimum atomic E-state index is -0.715. The van der Waals surface area contributed by atoms with Crippen molar-refractivity contribution in [3.63, 3.8) is 0 Å². The zero-order chi connectivity index (χ0) is 10.7. The molecule has 0 saturated carbocycles. The summed E-state index contributed by atoms with van der Waals surface area (Å²) in [6.07, 6.45) is 0.729. The summed E-state index contributed by atoms with van der Waals surface area (Å²) < 4.78 is 13.0. The van der Waals surface area contributed by atoms with Crippen molar-refractivity contribution < 1.29 is 9.50 Å². The molecule has 0 amide bonds. The van der Waals surface area contributed by atoms with Crippen LogP contribution >= 0.6 is 0 Å². The van der Waals surface area contributed by atoms with Crippen LogP contribution in [-0.4, -0.2) is 5.11 Å². The molecule has 0 aliphatic rings. The number of aliphatic hydroxyl groups is 1. The SMILES string of the molecule is C=CC(O)c1ccc(F)cc1C(C)C. The van der Waals surface area contributed by atoms with Gasteiger partial charge in [-0.3, -0.25) is 0 Å². The lowest BCUT2D eigenvalue weighted by Gasteiger charge is -2.15. The Hall–Kier alpha value is -1.15. The first-order valence-electron chi connectivity index (χ1n) is 4.66. The Morgan fingerprint density at radius 3 is 2.50 bits per heavy atom. The number of hydrogen-bond acceptors (Lipinski definition) is 1. The first kappa shape index (κ1) is 10.9. The van der Waals surface area contributed by atoms with Crippen LogP contribution in [0.4, 0.5) is 4.39 Å². The van der Waals surface area contributed by atoms with Gasteiger partial charge in [-0.2, -0.15) is 0 Å². The lowest BCUT2D eigenvalue weighted by molar-refractivity contribution is 0.227. The fraction of sp³-hybridized carbons (Fsp3) is 0.333. The molecule has 0 heterocycles. The molecule has 0 spiro atoms. The van der Waals surface area contributed by atoms with Crippen molar-refractivity contribution in [3.05, 3.63) is 47.8 Å². The van der Waals surface area contributed by atoms with Crippen LogP contribution in [0.1, 0.15) is 37.0 Å². The molecular formula is C12H15FO. The Kier molecular flexibility index (Phi) is 3.42. The minimum Gasteiger partial charge on any atom is -0.384 e. The highest BCUT2D eigenvalue weighted by atomic mass is 19.1. The van der Waals surface area contributed by atoms with Gasteiger partial charge >= 0.3 is 0 Å². The molecule has 0 saturated heterocycles. The van der Waals surface area contributed by atoms with E-state index in [0.717, 1.165) is 11.1 Å². The third-order valence-corrected chi connectivity index (χ3v) is 2.21. The van der Waals surface area contributed by atoms with Crippen molar-refractivity contribution in [1.82, 2.24) is 0 Å². The molecule has 1 N–H and O–H groups in total. The van der Waals surface area contributed by atoms with Gasteiger partial charge < -0.3 is 5.11 Å². The van der Waals surface area contributed by atoms with Gasteiger partial charge in [-0.25, -0.2) is 4.39 Å². The van der Waals surface area contributed by atoms with Crippen molar-refractivity contribution >= 4 is 0 Å². The predicted octanol–water partition coefficient (Wildman–Crippen LogP) is 3.17. The highest BCUT2D eigenvalue weighted by Gasteiger charge is 2.12.